The molecule has 1 atom stereocenters. The van der Waals surface area contributed by atoms with Crippen molar-refractivity contribution in [1.29, 1.82) is 0 Å². The van der Waals surface area contributed by atoms with Crippen LogP contribution in [0.5, 0.6) is 0 Å². The lowest BCUT2D eigenvalue weighted by Gasteiger charge is -2.11. The predicted octanol–water partition coefficient (Wildman–Crippen LogP) is 3.56. The number of carbonyl (C=O) groups is 1. The minimum absolute atomic E-state index is 0.157. The lowest BCUT2D eigenvalue weighted by Crippen LogP contribution is -2.07. The van der Waals surface area contributed by atoms with Gasteiger partial charge in [-0.15, -0.1) is 0 Å². The second-order valence-corrected chi connectivity index (χ2v) is 3.72. The first-order valence-corrected chi connectivity index (χ1v) is 5.27. The molecule has 1 unspecified atom stereocenters. The maximum Gasteiger partial charge on any atom is 0.340 e. The Labute approximate surface area is 96.5 Å². The van der Waals surface area contributed by atoms with Crippen LogP contribution in [0.25, 0.3) is 0 Å². The van der Waals surface area contributed by atoms with E-state index in [9.17, 15) is 9.18 Å². The van der Waals surface area contributed by atoms with Crippen molar-refractivity contribution in [2.45, 2.75) is 26.7 Å². The second kappa shape index (κ2) is 6.99. The van der Waals surface area contributed by atoms with Crippen molar-refractivity contribution in [1.82, 2.24) is 0 Å². The standard InChI is InChI=1S/C13H19FO2/c1-6-7-9(2)10(3)8-12(11(4)14)13(15)16-5/h8-9H,3-4,6-7H2,1-2,5H3/b12-8+. The van der Waals surface area contributed by atoms with Crippen LogP contribution in [0.4, 0.5) is 4.39 Å². The predicted molar refractivity (Wildman–Crippen MR) is 63.6 cm³/mol. The van der Waals surface area contributed by atoms with Crippen LogP contribution in [-0.2, 0) is 9.53 Å². The summed E-state index contributed by atoms with van der Waals surface area (Å²) in [5.41, 5.74) is 0.552. The summed E-state index contributed by atoms with van der Waals surface area (Å²) in [6, 6.07) is 0. The second-order valence-electron chi connectivity index (χ2n) is 3.72. The topological polar surface area (TPSA) is 26.3 Å². The number of rotatable bonds is 6. The first kappa shape index (κ1) is 14.6. The fourth-order valence-electron chi connectivity index (χ4n) is 1.30. The van der Waals surface area contributed by atoms with Crippen LogP contribution >= 0.6 is 0 Å². The summed E-state index contributed by atoms with van der Waals surface area (Å²) < 4.78 is 17.5. The van der Waals surface area contributed by atoms with Crippen LogP contribution in [0.1, 0.15) is 26.7 Å². The third-order valence-electron chi connectivity index (χ3n) is 2.38. The van der Waals surface area contributed by atoms with Gasteiger partial charge in [0.05, 0.1) is 12.7 Å². The highest BCUT2D eigenvalue weighted by Crippen LogP contribution is 2.20. The van der Waals surface area contributed by atoms with E-state index in [1.165, 1.54) is 13.2 Å². The van der Waals surface area contributed by atoms with E-state index in [-0.39, 0.29) is 11.5 Å². The van der Waals surface area contributed by atoms with E-state index < -0.39 is 11.8 Å². The molecule has 0 bridgehead atoms. The molecule has 0 N–H and O–H groups in total. The van der Waals surface area contributed by atoms with Crippen molar-refractivity contribution >= 4 is 5.97 Å². The molecule has 0 spiro atoms. The SMILES string of the molecule is C=C(F)/C(=C\C(=C)C(C)CCC)C(=O)OC. The number of hydrogen-bond donors (Lipinski definition) is 0. The van der Waals surface area contributed by atoms with Crippen molar-refractivity contribution in [3.63, 3.8) is 0 Å². The van der Waals surface area contributed by atoms with Crippen molar-refractivity contribution in [2.75, 3.05) is 7.11 Å². The molecule has 0 aromatic carbocycles. The highest BCUT2D eigenvalue weighted by Gasteiger charge is 2.15. The normalized spacial score (nSPS) is 13.1. The zero-order valence-electron chi connectivity index (χ0n) is 10.2. The monoisotopic (exact) mass is 226 g/mol. The number of allylic oxidation sites excluding steroid dienone is 2. The Kier molecular flexibility index (Phi) is 6.38. The fraction of sp³-hybridized carbons (Fsp3) is 0.462. The van der Waals surface area contributed by atoms with Crippen molar-refractivity contribution in [3.05, 3.63) is 36.2 Å². The molecule has 0 amide bonds. The van der Waals surface area contributed by atoms with Crippen LogP contribution in [0, 0.1) is 5.92 Å². The van der Waals surface area contributed by atoms with Crippen LogP contribution in [0.3, 0.4) is 0 Å². The zero-order valence-corrected chi connectivity index (χ0v) is 10.2. The van der Waals surface area contributed by atoms with E-state index in [1.54, 1.807) is 0 Å². The summed E-state index contributed by atoms with van der Waals surface area (Å²) in [5.74, 6) is -1.31. The van der Waals surface area contributed by atoms with Gasteiger partial charge >= 0.3 is 5.97 Å². The van der Waals surface area contributed by atoms with E-state index in [0.29, 0.717) is 5.57 Å². The summed E-state index contributed by atoms with van der Waals surface area (Å²) in [5, 5.41) is 0. The zero-order chi connectivity index (χ0) is 12.7. The largest absolute Gasteiger partial charge is 0.465 e. The highest BCUT2D eigenvalue weighted by molar-refractivity contribution is 5.92. The summed E-state index contributed by atoms with van der Waals surface area (Å²) >= 11 is 0. The molecule has 16 heavy (non-hydrogen) atoms. The molecular weight excluding hydrogens is 207 g/mol. The highest BCUT2D eigenvalue weighted by atomic mass is 19.1. The molecule has 0 saturated carbocycles. The number of methoxy groups -OCH3 is 1. The lowest BCUT2D eigenvalue weighted by atomic mass is 9.95. The molecular formula is C13H19FO2. The van der Waals surface area contributed by atoms with Crippen molar-refractivity contribution in [3.8, 4) is 0 Å². The van der Waals surface area contributed by atoms with Gasteiger partial charge < -0.3 is 4.74 Å². The molecule has 3 heteroatoms. The molecule has 0 saturated heterocycles. The number of carbonyl (C=O) groups excluding carboxylic acids is 1. The molecule has 0 aliphatic heterocycles. The Hall–Kier alpha value is -1.38. The maximum atomic E-state index is 13.0. The molecule has 0 radical (unpaired) electrons. The van der Waals surface area contributed by atoms with Crippen LogP contribution in [0.15, 0.2) is 36.2 Å². The first-order chi connectivity index (χ1) is 7.43. The fourth-order valence-corrected chi connectivity index (χ4v) is 1.30. The summed E-state index contributed by atoms with van der Waals surface area (Å²) in [7, 11) is 1.21. The van der Waals surface area contributed by atoms with Gasteiger partial charge in [-0.3, -0.25) is 0 Å². The Morgan fingerprint density at radius 2 is 2.06 bits per heavy atom. The molecule has 0 aliphatic rings. The maximum absolute atomic E-state index is 13.0. The Morgan fingerprint density at radius 3 is 2.44 bits per heavy atom. The van der Waals surface area contributed by atoms with Gasteiger partial charge in [0.1, 0.15) is 5.83 Å². The van der Waals surface area contributed by atoms with E-state index in [1.807, 2.05) is 6.92 Å². The number of hydrogen-bond acceptors (Lipinski definition) is 2. The van der Waals surface area contributed by atoms with E-state index in [4.69, 9.17) is 0 Å². The third-order valence-corrected chi connectivity index (χ3v) is 2.38. The van der Waals surface area contributed by atoms with E-state index in [2.05, 4.69) is 24.8 Å². The van der Waals surface area contributed by atoms with Gasteiger partial charge in [-0.2, -0.15) is 0 Å². The first-order valence-electron chi connectivity index (χ1n) is 5.27. The molecule has 0 aromatic rings. The summed E-state index contributed by atoms with van der Waals surface area (Å²) in [4.78, 5) is 11.2. The number of halogens is 1. The Morgan fingerprint density at radius 1 is 1.50 bits per heavy atom. The van der Waals surface area contributed by atoms with Crippen molar-refractivity contribution in [2.24, 2.45) is 5.92 Å². The molecule has 0 fully saturated rings. The van der Waals surface area contributed by atoms with Crippen LogP contribution in [-0.4, -0.2) is 13.1 Å². The number of ether oxygens (including phenoxy) is 1. The molecule has 0 aliphatic carbocycles. The van der Waals surface area contributed by atoms with Gasteiger partial charge in [-0.1, -0.05) is 39.0 Å². The lowest BCUT2D eigenvalue weighted by molar-refractivity contribution is -0.135. The van der Waals surface area contributed by atoms with Crippen LogP contribution in [0.2, 0.25) is 0 Å². The van der Waals surface area contributed by atoms with Gasteiger partial charge in [0.15, 0.2) is 0 Å². The van der Waals surface area contributed by atoms with Crippen LogP contribution < -0.4 is 0 Å². The number of esters is 1. The summed E-state index contributed by atoms with van der Waals surface area (Å²) in [6.45, 7) is 11.0. The third kappa shape index (κ3) is 4.43. The quantitative estimate of drug-likeness (QED) is 0.393. The van der Waals surface area contributed by atoms with Crippen molar-refractivity contribution < 1.29 is 13.9 Å². The van der Waals surface area contributed by atoms with Gasteiger partial charge in [0.2, 0.25) is 0 Å². The van der Waals surface area contributed by atoms with E-state index >= 15 is 0 Å². The molecule has 0 rings (SSSR count). The average Bonchev–Trinajstić information content (AvgIpc) is 2.24. The van der Waals surface area contributed by atoms with Gasteiger partial charge in [0, 0.05) is 0 Å². The van der Waals surface area contributed by atoms with Gasteiger partial charge in [-0.05, 0) is 18.4 Å². The van der Waals surface area contributed by atoms with Gasteiger partial charge in [-0.25, -0.2) is 9.18 Å². The smallest absolute Gasteiger partial charge is 0.340 e. The molecule has 2 nitrogen and oxygen atoms in total. The minimum atomic E-state index is -0.795. The molecule has 0 aromatic heterocycles. The van der Waals surface area contributed by atoms with E-state index in [0.717, 1.165) is 12.8 Å². The minimum Gasteiger partial charge on any atom is -0.465 e. The molecule has 90 valence electrons. The van der Waals surface area contributed by atoms with Gasteiger partial charge in [0.25, 0.3) is 0 Å². The summed E-state index contributed by atoms with van der Waals surface area (Å²) in [6.07, 6.45) is 3.37. The Balaban J connectivity index is 4.86. The average molecular weight is 226 g/mol. The Bertz CT molecular complexity index is 316. The molecule has 0 heterocycles.